The van der Waals surface area contributed by atoms with Crippen LogP contribution in [0.4, 0.5) is 0 Å². The van der Waals surface area contributed by atoms with Gasteiger partial charge in [0.15, 0.2) is 11.5 Å². The van der Waals surface area contributed by atoms with Crippen LogP contribution in [0.3, 0.4) is 0 Å². The lowest BCUT2D eigenvalue weighted by molar-refractivity contribution is 0.0260. The average Bonchev–Trinajstić information content (AvgIpc) is 2.65. The topological polar surface area (TPSA) is 67.8 Å². The fourth-order valence-corrected chi connectivity index (χ4v) is 3.26. The fourth-order valence-electron chi connectivity index (χ4n) is 3.26. The molecular weight excluding hydrogens is 318 g/mol. The number of carbonyl (C=O) groups is 1. The zero-order chi connectivity index (χ0) is 17.9. The predicted octanol–water partition coefficient (Wildman–Crippen LogP) is 2.35. The maximum Gasteiger partial charge on any atom is 0.251 e. The molecule has 1 atom stereocenters. The Kier molecular flexibility index (Phi) is 4.95. The summed E-state index contributed by atoms with van der Waals surface area (Å²) in [5.41, 5.74) is 1.98. The van der Waals surface area contributed by atoms with Crippen LogP contribution in [0.1, 0.15) is 27.9 Å². The number of rotatable bonds is 5. The van der Waals surface area contributed by atoms with Gasteiger partial charge in [-0.1, -0.05) is 24.3 Å². The van der Waals surface area contributed by atoms with E-state index in [-0.39, 0.29) is 12.5 Å². The summed E-state index contributed by atoms with van der Waals surface area (Å²) in [6, 6.07) is 13.1. The van der Waals surface area contributed by atoms with Gasteiger partial charge >= 0.3 is 0 Å². The van der Waals surface area contributed by atoms with Crippen LogP contribution in [0.2, 0.25) is 0 Å². The molecule has 5 nitrogen and oxygen atoms in total. The van der Waals surface area contributed by atoms with Crippen molar-refractivity contribution in [3.05, 3.63) is 59.2 Å². The van der Waals surface area contributed by atoms with Gasteiger partial charge in [-0.3, -0.25) is 4.79 Å². The third kappa shape index (κ3) is 3.77. The standard InChI is InChI=1S/C20H23NO4/c1-24-17-8-7-15(11-18(17)25-2)19(22)21-13-20(23)10-9-14-5-3-4-6-16(14)12-20/h3-8,11,23H,9-10,12-13H2,1-2H3,(H,21,22). The molecule has 0 fully saturated rings. The van der Waals surface area contributed by atoms with Crippen molar-refractivity contribution >= 4 is 5.91 Å². The van der Waals surface area contributed by atoms with Gasteiger partial charge in [-0.2, -0.15) is 0 Å². The minimum absolute atomic E-state index is 0.217. The molecule has 0 aromatic heterocycles. The Labute approximate surface area is 147 Å². The minimum Gasteiger partial charge on any atom is -0.493 e. The molecule has 2 aromatic carbocycles. The molecule has 2 aromatic rings. The highest BCUT2D eigenvalue weighted by molar-refractivity contribution is 5.94. The number of aliphatic hydroxyl groups is 1. The largest absolute Gasteiger partial charge is 0.493 e. The van der Waals surface area contributed by atoms with Gasteiger partial charge in [0.2, 0.25) is 0 Å². The lowest BCUT2D eigenvalue weighted by Crippen LogP contribution is -2.46. The van der Waals surface area contributed by atoms with E-state index in [9.17, 15) is 9.90 Å². The summed E-state index contributed by atoms with van der Waals surface area (Å²) in [6.45, 7) is 0.217. The third-order valence-corrected chi connectivity index (χ3v) is 4.72. The van der Waals surface area contributed by atoms with E-state index in [1.54, 1.807) is 25.3 Å². The van der Waals surface area contributed by atoms with E-state index in [0.717, 1.165) is 12.0 Å². The molecule has 1 amide bonds. The van der Waals surface area contributed by atoms with E-state index >= 15 is 0 Å². The van der Waals surface area contributed by atoms with Gasteiger partial charge < -0.3 is 19.9 Å². The van der Waals surface area contributed by atoms with E-state index in [1.165, 1.54) is 12.7 Å². The van der Waals surface area contributed by atoms with Crippen LogP contribution < -0.4 is 14.8 Å². The van der Waals surface area contributed by atoms with Crippen molar-refractivity contribution < 1.29 is 19.4 Å². The normalized spacial score (nSPS) is 19.0. The van der Waals surface area contributed by atoms with E-state index < -0.39 is 5.60 Å². The Balaban J connectivity index is 1.66. The lowest BCUT2D eigenvalue weighted by atomic mass is 9.80. The molecular formula is C20H23NO4. The van der Waals surface area contributed by atoms with Crippen molar-refractivity contribution in [3.8, 4) is 11.5 Å². The molecule has 5 heteroatoms. The summed E-state index contributed by atoms with van der Waals surface area (Å²) in [5.74, 6) is 0.829. The molecule has 0 aliphatic heterocycles. The molecule has 0 spiro atoms. The van der Waals surface area contributed by atoms with E-state index in [0.29, 0.717) is 29.9 Å². The fraction of sp³-hybridized carbons (Fsp3) is 0.350. The second kappa shape index (κ2) is 7.15. The molecule has 0 saturated carbocycles. The van der Waals surface area contributed by atoms with Crippen molar-refractivity contribution in [3.63, 3.8) is 0 Å². The molecule has 0 heterocycles. The predicted molar refractivity (Wildman–Crippen MR) is 95.3 cm³/mol. The van der Waals surface area contributed by atoms with Gasteiger partial charge in [0.1, 0.15) is 0 Å². The Morgan fingerprint density at radius 1 is 1.12 bits per heavy atom. The molecule has 0 saturated heterocycles. The van der Waals surface area contributed by atoms with Crippen LogP contribution >= 0.6 is 0 Å². The number of nitrogens with one attached hydrogen (secondary N) is 1. The Bertz CT molecular complexity index is 774. The summed E-state index contributed by atoms with van der Waals surface area (Å²) in [5, 5.41) is 13.7. The van der Waals surface area contributed by atoms with Crippen LogP contribution in [-0.4, -0.2) is 37.4 Å². The molecule has 1 unspecified atom stereocenters. The second-order valence-electron chi connectivity index (χ2n) is 6.42. The number of fused-ring (bicyclic) bond motifs is 1. The van der Waals surface area contributed by atoms with Gasteiger partial charge in [-0.15, -0.1) is 0 Å². The maximum absolute atomic E-state index is 12.4. The molecule has 3 rings (SSSR count). The number of benzene rings is 2. The summed E-state index contributed by atoms with van der Waals surface area (Å²) in [7, 11) is 3.08. The molecule has 132 valence electrons. The van der Waals surface area contributed by atoms with E-state index in [4.69, 9.17) is 9.47 Å². The highest BCUT2D eigenvalue weighted by atomic mass is 16.5. The zero-order valence-electron chi connectivity index (χ0n) is 14.5. The first-order valence-electron chi connectivity index (χ1n) is 8.34. The van der Waals surface area contributed by atoms with E-state index in [1.807, 2.05) is 18.2 Å². The number of aryl methyl sites for hydroxylation is 1. The Morgan fingerprint density at radius 3 is 2.56 bits per heavy atom. The second-order valence-corrected chi connectivity index (χ2v) is 6.42. The molecule has 0 radical (unpaired) electrons. The molecule has 25 heavy (non-hydrogen) atoms. The first-order chi connectivity index (χ1) is 12.0. The number of methoxy groups -OCH3 is 2. The summed E-state index contributed by atoms with van der Waals surface area (Å²) >= 11 is 0. The Morgan fingerprint density at radius 2 is 1.84 bits per heavy atom. The molecule has 0 bridgehead atoms. The first-order valence-corrected chi connectivity index (χ1v) is 8.34. The average molecular weight is 341 g/mol. The smallest absolute Gasteiger partial charge is 0.251 e. The van der Waals surface area contributed by atoms with Gasteiger partial charge in [0, 0.05) is 18.5 Å². The van der Waals surface area contributed by atoms with Crippen molar-refractivity contribution in [1.82, 2.24) is 5.32 Å². The van der Waals surface area contributed by atoms with Crippen molar-refractivity contribution in [1.29, 1.82) is 0 Å². The number of ether oxygens (including phenoxy) is 2. The minimum atomic E-state index is -0.916. The summed E-state index contributed by atoms with van der Waals surface area (Å²) in [4.78, 5) is 12.4. The number of hydrogen-bond donors (Lipinski definition) is 2. The van der Waals surface area contributed by atoms with Gasteiger partial charge in [0.05, 0.1) is 19.8 Å². The van der Waals surface area contributed by atoms with Crippen molar-refractivity contribution in [2.75, 3.05) is 20.8 Å². The van der Waals surface area contributed by atoms with Gasteiger partial charge in [-0.25, -0.2) is 0 Å². The Hall–Kier alpha value is -2.53. The quantitative estimate of drug-likeness (QED) is 0.876. The van der Waals surface area contributed by atoms with Gasteiger partial charge in [0.25, 0.3) is 5.91 Å². The number of carbonyl (C=O) groups excluding carboxylic acids is 1. The SMILES string of the molecule is COc1ccc(C(=O)NCC2(O)CCc3ccccc3C2)cc1OC. The summed E-state index contributed by atoms with van der Waals surface area (Å²) < 4.78 is 10.4. The van der Waals surface area contributed by atoms with E-state index in [2.05, 4.69) is 11.4 Å². The summed E-state index contributed by atoms with van der Waals surface area (Å²) in [6.07, 6.45) is 2.00. The number of amides is 1. The molecule has 2 N–H and O–H groups in total. The monoisotopic (exact) mass is 341 g/mol. The van der Waals surface area contributed by atoms with Crippen LogP contribution in [0, 0.1) is 0 Å². The van der Waals surface area contributed by atoms with Crippen LogP contribution in [0.15, 0.2) is 42.5 Å². The van der Waals surface area contributed by atoms with Crippen molar-refractivity contribution in [2.45, 2.75) is 24.9 Å². The third-order valence-electron chi connectivity index (χ3n) is 4.72. The lowest BCUT2D eigenvalue weighted by Gasteiger charge is -2.33. The highest BCUT2D eigenvalue weighted by Gasteiger charge is 2.32. The van der Waals surface area contributed by atoms with Crippen LogP contribution in [-0.2, 0) is 12.8 Å². The highest BCUT2D eigenvalue weighted by Crippen LogP contribution is 2.29. The van der Waals surface area contributed by atoms with Crippen molar-refractivity contribution in [2.24, 2.45) is 0 Å². The van der Waals surface area contributed by atoms with Crippen LogP contribution in [0.5, 0.6) is 11.5 Å². The maximum atomic E-state index is 12.4. The molecule has 1 aliphatic rings. The van der Waals surface area contributed by atoms with Crippen LogP contribution in [0.25, 0.3) is 0 Å². The zero-order valence-corrected chi connectivity index (χ0v) is 14.5. The van der Waals surface area contributed by atoms with Gasteiger partial charge in [-0.05, 0) is 42.2 Å². The number of hydrogen-bond acceptors (Lipinski definition) is 4. The molecule has 1 aliphatic carbocycles. The first kappa shape index (κ1) is 17.3.